The van der Waals surface area contributed by atoms with E-state index in [4.69, 9.17) is 0 Å². The van der Waals surface area contributed by atoms with Gasteiger partial charge in [-0.05, 0) is 47.1 Å². The molecule has 0 spiro atoms. The fourth-order valence-corrected chi connectivity index (χ4v) is 3.35. The lowest BCUT2D eigenvalue weighted by Gasteiger charge is -2.61. The van der Waals surface area contributed by atoms with Crippen molar-refractivity contribution in [3.63, 3.8) is 0 Å². The van der Waals surface area contributed by atoms with E-state index in [1.807, 2.05) is 59.7 Å². The van der Waals surface area contributed by atoms with Crippen molar-refractivity contribution in [1.82, 2.24) is 4.90 Å². The number of amides is 1. The molecule has 1 aromatic rings. The highest BCUT2D eigenvalue weighted by Crippen LogP contribution is 2.49. The first-order valence-corrected chi connectivity index (χ1v) is 6.77. The van der Waals surface area contributed by atoms with Crippen LogP contribution < -0.4 is 0 Å². The second kappa shape index (κ2) is 4.07. The molecule has 1 amide bonds. The fourth-order valence-electron chi connectivity index (χ4n) is 3.35. The van der Waals surface area contributed by atoms with Crippen LogP contribution in [-0.2, 0) is 10.4 Å². The summed E-state index contributed by atoms with van der Waals surface area (Å²) in [4.78, 5) is 14.2. The van der Waals surface area contributed by atoms with Gasteiger partial charge in [-0.3, -0.25) is 4.79 Å². The van der Waals surface area contributed by atoms with E-state index in [9.17, 15) is 9.90 Å². The van der Waals surface area contributed by atoms with Crippen molar-refractivity contribution in [2.45, 2.75) is 58.7 Å². The van der Waals surface area contributed by atoms with Crippen molar-refractivity contribution < 1.29 is 9.90 Å². The predicted molar refractivity (Wildman–Crippen MR) is 75.9 cm³/mol. The SMILES string of the molecule is Cc1cc(C)cc(C2(O)C(=O)N(C(C)C)C2(C)C)c1. The minimum Gasteiger partial charge on any atom is -0.374 e. The van der Waals surface area contributed by atoms with Crippen LogP contribution in [0.25, 0.3) is 0 Å². The Morgan fingerprint density at radius 1 is 1.11 bits per heavy atom. The number of hydrogen-bond donors (Lipinski definition) is 1. The topological polar surface area (TPSA) is 40.5 Å². The molecule has 0 saturated carbocycles. The van der Waals surface area contributed by atoms with Gasteiger partial charge in [0.2, 0.25) is 0 Å². The number of benzene rings is 1. The highest BCUT2D eigenvalue weighted by atomic mass is 16.3. The summed E-state index contributed by atoms with van der Waals surface area (Å²) in [5.41, 5.74) is 0.842. The average Bonchev–Trinajstić information content (AvgIpc) is 2.25. The number of likely N-dealkylation sites (tertiary alicyclic amines) is 1. The monoisotopic (exact) mass is 261 g/mol. The molecule has 19 heavy (non-hydrogen) atoms. The maximum atomic E-state index is 12.4. The summed E-state index contributed by atoms with van der Waals surface area (Å²) in [5.74, 6) is -0.197. The van der Waals surface area contributed by atoms with Gasteiger partial charge in [0.05, 0.1) is 5.54 Å². The quantitative estimate of drug-likeness (QED) is 0.831. The number of carbonyl (C=O) groups is 1. The lowest BCUT2D eigenvalue weighted by atomic mass is 9.66. The Morgan fingerprint density at radius 2 is 1.58 bits per heavy atom. The summed E-state index contributed by atoms with van der Waals surface area (Å²) in [6.07, 6.45) is 0. The molecule has 1 aromatic carbocycles. The summed E-state index contributed by atoms with van der Waals surface area (Å²) in [5, 5.41) is 11.0. The van der Waals surface area contributed by atoms with E-state index >= 15 is 0 Å². The molecule has 1 fully saturated rings. The van der Waals surface area contributed by atoms with E-state index in [2.05, 4.69) is 0 Å². The van der Waals surface area contributed by atoms with Crippen LogP contribution in [0.2, 0.25) is 0 Å². The van der Waals surface area contributed by atoms with Crippen molar-refractivity contribution >= 4 is 5.91 Å². The molecule has 1 heterocycles. The van der Waals surface area contributed by atoms with Crippen molar-refractivity contribution in [1.29, 1.82) is 0 Å². The van der Waals surface area contributed by atoms with Crippen LogP contribution >= 0.6 is 0 Å². The summed E-state index contributed by atoms with van der Waals surface area (Å²) >= 11 is 0. The number of nitrogens with zero attached hydrogens (tertiary/aromatic N) is 1. The van der Waals surface area contributed by atoms with Crippen LogP contribution in [0.3, 0.4) is 0 Å². The van der Waals surface area contributed by atoms with Gasteiger partial charge in [0.15, 0.2) is 5.60 Å². The van der Waals surface area contributed by atoms with Gasteiger partial charge in [-0.1, -0.05) is 29.3 Å². The van der Waals surface area contributed by atoms with Crippen molar-refractivity contribution in [2.24, 2.45) is 0 Å². The first-order chi connectivity index (χ1) is 8.62. The maximum absolute atomic E-state index is 12.4. The second-order valence-electron chi connectivity index (χ2n) is 6.41. The summed E-state index contributed by atoms with van der Waals surface area (Å²) in [7, 11) is 0. The summed E-state index contributed by atoms with van der Waals surface area (Å²) < 4.78 is 0. The van der Waals surface area contributed by atoms with Crippen molar-refractivity contribution in [3.05, 3.63) is 34.9 Å². The molecule has 0 radical (unpaired) electrons. The minimum absolute atomic E-state index is 0.0914. The van der Waals surface area contributed by atoms with Crippen molar-refractivity contribution in [3.8, 4) is 0 Å². The molecule has 1 atom stereocenters. The normalized spacial score (nSPS) is 25.7. The molecule has 2 rings (SSSR count). The highest BCUT2D eigenvalue weighted by Gasteiger charge is 2.67. The van der Waals surface area contributed by atoms with E-state index < -0.39 is 11.1 Å². The number of hydrogen-bond acceptors (Lipinski definition) is 2. The lowest BCUT2D eigenvalue weighted by Crippen LogP contribution is -2.79. The Labute approximate surface area is 115 Å². The molecule has 0 aromatic heterocycles. The van der Waals surface area contributed by atoms with E-state index in [0.717, 1.165) is 11.1 Å². The summed E-state index contributed by atoms with van der Waals surface area (Å²) in [6, 6.07) is 5.95. The molecule has 1 saturated heterocycles. The van der Waals surface area contributed by atoms with Gasteiger partial charge in [0, 0.05) is 6.04 Å². The van der Waals surface area contributed by atoms with Crippen LogP contribution in [0.5, 0.6) is 0 Å². The number of aliphatic hydroxyl groups is 1. The van der Waals surface area contributed by atoms with Gasteiger partial charge in [0.1, 0.15) is 0 Å². The van der Waals surface area contributed by atoms with Gasteiger partial charge in [-0.2, -0.15) is 0 Å². The number of rotatable bonds is 2. The van der Waals surface area contributed by atoms with Gasteiger partial charge < -0.3 is 10.0 Å². The van der Waals surface area contributed by atoms with Gasteiger partial charge in [0.25, 0.3) is 5.91 Å². The van der Waals surface area contributed by atoms with Gasteiger partial charge in [-0.15, -0.1) is 0 Å². The third-order valence-electron chi connectivity index (χ3n) is 4.17. The molecule has 3 heteroatoms. The molecule has 1 aliphatic rings. The Balaban J connectivity index is 2.52. The van der Waals surface area contributed by atoms with Crippen LogP contribution in [0.4, 0.5) is 0 Å². The third-order valence-corrected chi connectivity index (χ3v) is 4.17. The minimum atomic E-state index is -1.41. The van der Waals surface area contributed by atoms with Gasteiger partial charge in [-0.25, -0.2) is 0 Å². The van der Waals surface area contributed by atoms with E-state index in [1.54, 1.807) is 4.90 Å². The lowest BCUT2D eigenvalue weighted by molar-refractivity contribution is -0.221. The molecule has 1 N–H and O–H groups in total. The standard InChI is InChI=1S/C16H23NO2/c1-10(2)17-14(18)16(19,15(17,5)6)13-8-11(3)7-12(4)9-13/h7-10,19H,1-6H3. The Kier molecular flexibility index (Phi) is 3.01. The van der Waals surface area contributed by atoms with Crippen LogP contribution in [-0.4, -0.2) is 27.5 Å². The highest BCUT2D eigenvalue weighted by molar-refractivity contribution is 5.95. The fraction of sp³-hybridized carbons (Fsp3) is 0.562. The zero-order chi connectivity index (χ0) is 14.6. The first kappa shape index (κ1) is 14.1. The Hall–Kier alpha value is -1.35. The van der Waals surface area contributed by atoms with E-state index in [1.165, 1.54) is 0 Å². The van der Waals surface area contributed by atoms with E-state index in [-0.39, 0.29) is 11.9 Å². The molecule has 104 valence electrons. The smallest absolute Gasteiger partial charge is 0.262 e. The zero-order valence-electron chi connectivity index (χ0n) is 12.6. The Bertz CT molecular complexity index is 513. The number of β-lactam (4-membered cyclic amide) rings is 1. The molecular weight excluding hydrogens is 238 g/mol. The predicted octanol–water partition coefficient (Wildman–Crippen LogP) is 2.52. The van der Waals surface area contributed by atoms with Crippen LogP contribution in [0.15, 0.2) is 18.2 Å². The van der Waals surface area contributed by atoms with Gasteiger partial charge >= 0.3 is 0 Å². The molecular formula is C16H23NO2. The Morgan fingerprint density at radius 3 is 1.95 bits per heavy atom. The van der Waals surface area contributed by atoms with Crippen LogP contribution in [0.1, 0.15) is 44.4 Å². The van der Waals surface area contributed by atoms with Crippen LogP contribution in [0, 0.1) is 13.8 Å². The summed E-state index contributed by atoms with van der Waals surface area (Å²) in [6.45, 7) is 11.8. The molecule has 3 nitrogen and oxygen atoms in total. The molecule has 0 aliphatic carbocycles. The first-order valence-electron chi connectivity index (χ1n) is 6.77. The average molecular weight is 261 g/mol. The number of aryl methyl sites for hydroxylation is 2. The second-order valence-corrected chi connectivity index (χ2v) is 6.41. The maximum Gasteiger partial charge on any atom is 0.262 e. The van der Waals surface area contributed by atoms with E-state index in [0.29, 0.717) is 5.56 Å². The third kappa shape index (κ3) is 1.71. The molecule has 1 unspecified atom stereocenters. The van der Waals surface area contributed by atoms with Crippen molar-refractivity contribution in [2.75, 3.05) is 0 Å². The number of carbonyl (C=O) groups excluding carboxylic acids is 1. The molecule has 1 aliphatic heterocycles. The molecule has 0 bridgehead atoms. The largest absolute Gasteiger partial charge is 0.374 e. The zero-order valence-corrected chi connectivity index (χ0v) is 12.6.